The van der Waals surface area contributed by atoms with E-state index in [1.807, 2.05) is 48.5 Å². The van der Waals surface area contributed by atoms with Crippen molar-refractivity contribution in [3.63, 3.8) is 0 Å². The number of hydrogen-bond donors (Lipinski definition) is 0. The first-order chi connectivity index (χ1) is 27.3. The summed E-state index contributed by atoms with van der Waals surface area (Å²) >= 11 is 0. The Labute approximate surface area is 317 Å². The van der Waals surface area contributed by atoms with Crippen LogP contribution in [0.5, 0.6) is 0 Å². The van der Waals surface area contributed by atoms with Crippen molar-refractivity contribution in [3.05, 3.63) is 194 Å². The molecule has 0 unspecified atom stereocenters. The Hall–Kier alpha value is -7.43. The first kappa shape index (κ1) is 31.1. The minimum Gasteiger partial charge on any atom is -0.456 e. The van der Waals surface area contributed by atoms with Crippen LogP contribution in [0.1, 0.15) is 0 Å². The first-order valence-electron chi connectivity index (χ1n) is 18.5. The Morgan fingerprint density at radius 3 is 1.73 bits per heavy atom. The zero-order chi connectivity index (χ0) is 36.3. The predicted molar refractivity (Wildman–Crippen MR) is 227 cm³/mol. The molecule has 2 heterocycles. The minimum absolute atomic E-state index is 0.584. The molecule has 0 amide bonds. The number of anilines is 3. The molecule has 0 N–H and O–H groups in total. The fourth-order valence-corrected chi connectivity index (χ4v) is 8.13. The molecule has 0 saturated carbocycles. The van der Waals surface area contributed by atoms with Crippen molar-refractivity contribution in [2.45, 2.75) is 0 Å². The number of fused-ring (bicyclic) bond motifs is 7. The molecule has 0 bridgehead atoms. The average Bonchev–Trinajstić information content (AvgIpc) is 3.85. The standard InChI is InChI=1S/C51H32N2O2/c1-3-13-35(14-4-1)51-52-45-32-47-49(43-21-11-12-22-46(43)54-47)48(50(45)55-51)34-25-29-39(30-26-34)53(37-16-5-2-6-17-37)38-27-23-33(24-28-38)44-31-36-15-7-8-18-40(36)41-19-9-10-20-42(41)44/h1-32H. The lowest BCUT2D eigenvalue weighted by Crippen LogP contribution is -2.09. The number of oxazole rings is 1. The molecule has 0 atom stereocenters. The summed E-state index contributed by atoms with van der Waals surface area (Å²) < 4.78 is 13.0. The van der Waals surface area contributed by atoms with Gasteiger partial charge in [-0.25, -0.2) is 4.98 Å². The highest BCUT2D eigenvalue weighted by Gasteiger charge is 2.22. The van der Waals surface area contributed by atoms with Gasteiger partial charge in [-0.2, -0.15) is 0 Å². The second-order valence-corrected chi connectivity index (χ2v) is 13.9. The summed E-state index contributed by atoms with van der Waals surface area (Å²) in [6.07, 6.45) is 0. The smallest absolute Gasteiger partial charge is 0.227 e. The van der Waals surface area contributed by atoms with E-state index in [1.165, 1.54) is 32.7 Å². The third-order valence-electron chi connectivity index (χ3n) is 10.7. The van der Waals surface area contributed by atoms with E-state index in [0.717, 1.165) is 66.8 Å². The normalized spacial score (nSPS) is 11.6. The van der Waals surface area contributed by atoms with Crippen molar-refractivity contribution in [1.82, 2.24) is 4.98 Å². The quantitative estimate of drug-likeness (QED) is 0.162. The molecule has 11 aromatic rings. The lowest BCUT2D eigenvalue weighted by molar-refractivity contribution is 0.621. The van der Waals surface area contributed by atoms with Gasteiger partial charge in [0.05, 0.1) is 0 Å². The molecular formula is C51H32N2O2. The molecule has 4 heteroatoms. The fourth-order valence-electron chi connectivity index (χ4n) is 8.13. The van der Waals surface area contributed by atoms with Crippen LogP contribution >= 0.6 is 0 Å². The number of furan rings is 1. The van der Waals surface area contributed by atoms with E-state index in [2.05, 4.69) is 150 Å². The van der Waals surface area contributed by atoms with E-state index in [4.69, 9.17) is 13.8 Å². The van der Waals surface area contributed by atoms with Crippen LogP contribution < -0.4 is 4.90 Å². The number of para-hydroxylation sites is 2. The van der Waals surface area contributed by atoms with Gasteiger partial charge in [-0.05, 0) is 98.9 Å². The number of benzene rings is 9. The highest BCUT2D eigenvalue weighted by molar-refractivity contribution is 6.19. The van der Waals surface area contributed by atoms with Gasteiger partial charge >= 0.3 is 0 Å². The molecule has 0 aliphatic rings. The Morgan fingerprint density at radius 1 is 0.400 bits per heavy atom. The van der Waals surface area contributed by atoms with Gasteiger partial charge in [0.25, 0.3) is 0 Å². The maximum Gasteiger partial charge on any atom is 0.227 e. The van der Waals surface area contributed by atoms with Gasteiger partial charge in [0.1, 0.15) is 16.7 Å². The van der Waals surface area contributed by atoms with E-state index in [1.54, 1.807) is 0 Å². The average molecular weight is 705 g/mol. The third kappa shape index (κ3) is 5.19. The number of rotatable bonds is 6. The third-order valence-corrected chi connectivity index (χ3v) is 10.7. The van der Waals surface area contributed by atoms with Crippen molar-refractivity contribution >= 4 is 71.6 Å². The Kier molecular flexibility index (Phi) is 7.14. The maximum absolute atomic E-state index is 6.62. The highest BCUT2D eigenvalue weighted by Crippen LogP contribution is 2.44. The molecule has 4 nitrogen and oxygen atoms in total. The second-order valence-electron chi connectivity index (χ2n) is 13.9. The largest absolute Gasteiger partial charge is 0.456 e. The molecule has 55 heavy (non-hydrogen) atoms. The van der Waals surface area contributed by atoms with Crippen molar-refractivity contribution in [2.24, 2.45) is 0 Å². The van der Waals surface area contributed by atoms with Gasteiger partial charge < -0.3 is 13.7 Å². The fraction of sp³-hybridized carbons (Fsp3) is 0. The van der Waals surface area contributed by atoms with E-state index >= 15 is 0 Å². The van der Waals surface area contributed by atoms with E-state index in [-0.39, 0.29) is 0 Å². The summed E-state index contributed by atoms with van der Waals surface area (Å²) in [5.41, 5.74) is 11.6. The van der Waals surface area contributed by atoms with Crippen LogP contribution in [0.3, 0.4) is 0 Å². The first-order valence-corrected chi connectivity index (χ1v) is 18.5. The monoisotopic (exact) mass is 704 g/mol. The second kappa shape index (κ2) is 12.6. The van der Waals surface area contributed by atoms with Crippen molar-refractivity contribution in [3.8, 4) is 33.7 Å². The molecular weight excluding hydrogens is 673 g/mol. The van der Waals surface area contributed by atoms with Gasteiger partial charge in [-0.1, -0.05) is 127 Å². The van der Waals surface area contributed by atoms with Crippen LogP contribution in [0.25, 0.3) is 88.3 Å². The van der Waals surface area contributed by atoms with Gasteiger partial charge in [0.2, 0.25) is 5.89 Å². The Morgan fingerprint density at radius 2 is 0.982 bits per heavy atom. The zero-order valence-electron chi connectivity index (χ0n) is 29.7. The molecule has 258 valence electrons. The molecule has 0 aliphatic heterocycles. The van der Waals surface area contributed by atoms with Crippen LogP contribution in [0, 0.1) is 0 Å². The van der Waals surface area contributed by atoms with Crippen LogP contribution in [0.4, 0.5) is 17.1 Å². The van der Waals surface area contributed by atoms with Crippen LogP contribution in [0.2, 0.25) is 0 Å². The van der Waals surface area contributed by atoms with Gasteiger partial charge in [-0.15, -0.1) is 0 Å². The van der Waals surface area contributed by atoms with Crippen molar-refractivity contribution in [2.75, 3.05) is 4.90 Å². The predicted octanol–water partition coefficient (Wildman–Crippen LogP) is 14.5. The molecule has 0 aliphatic carbocycles. The summed E-state index contributed by atoms with van der Waals surface area (Å²) in [5, 5.41) is 7.09. The summed E-state index contributed by atoms with van der Waals surface area (Å²) in [5.74, 6) is 0.584. The van der Waals surface area contributed by atoms with Gasteiger partial charge in [0.15, 0.2) is 5.58 Å². The van der Waals surface area contributed by atoms with E-state index < -0.39 is 0 Å². The lowest BCUT2D eigenvalue weighted by Gasteiger charge is -2.26. The summed E-state index contributed by atoms with van der Waals surface area (Å²) in [6, 6.07) is 68.1. The van der Waals surface area contributed by atoms with Crippen LogP contribution in [-0.4, -0.2) is 4.98 Å². The maximum atomic E-state index is 6.62. The number of nitrogens with zero attached hydrogens (tertiary/aromatic N) is 2. The zero-order valence-corrected chi connectivity index (χ0v) is 29.7. The van der Waals surface area contributed by atoms with Crippen molar-refractivity contribution in [1.29, 1.82) is 0 Å². The van der Waals surface area contributed by atoms with Crippen LogP contribution in [0.15, 0.2) is 203 Å². The van der Waals surface area contributed by atoms with E-state index in [9.17, 15) is 0 Å². The highest BCUT2D eigenvalue weighted by atomic mass is 16.4. The molecule has 0 radical (unpaired) electrons. The summed E-state index contributed by atoms with van der Waals surface area (Å²) in [4.78, 5) is 7.24. The molecule has 0 fully saturated rings. The molecule has 9 aromatic carbocycles. The van der Waals surface area contributed by atoms with Gasteiger partial charge in [-0.3, -0.25) is 0 Å². The molecule has 11 rings (SSSR count). The lowest BCUT2D eigenvalue weighted by atomic mass is 9.93. The van der Waals surface area contributed by atoms with Gasteiger partial charge in [0, 0.05) is 45.0 Å². The molecule has 0 saturated heterocycles. The molecule has 2 aromatic heterocycles. The minimum atomic E-state index is 0.584. The summed E-state index contributed by atoms with van der Waals surface area (Å²) in [6.45, 7) is 0. The molecule has 0 spiro atoms. The SMILES string of the molecule is c1ccc(-c2nc3cc4oc5ccccc5c4c(-c4ccc(N(c5ccccc5)c5ccc(-c6cc7ccccc7c7ccccc67)cc5)cc4)c3o2)cc1. The van der Waals surface area contributed by atoms with E-state index in [0.29, 0.717) is 5.89 Å². The number of aromatic nitrogens is 1. The summed E-state index contributed by atoms with van der Waals surface area (Å²) in [7, 11) is 0. The topological polar surface area (TPSA) is 42.4 Å². The number of hydrogen-bond acceptors (Lipinski definition) is 4. The Bertz CT molecular complexity index is 3180. The Balaban J connectivity index is 1.04. The van der Waals surface area contributed by atoms with Crippen molar-refractivity contribution < 1.29 is 8.83 Å². The van der Waals surface area contributed by atoms with Crippen LogP contribution in [-0.2, 0) is 0 Å².